The molecule has 0 unspecified atom stereocenters. The van der Waals surface area contributed by atoms with Crippen LogP contribution in [0.25, 0.3) is 0 Å². The van der Waals surface area contributed by atoms with E-state index in [0.29, 0.717) is 18.0 Å². The second kappa shape index (κ2) is 3.30. The summed E-state index contributed by atoms with van der Waals surface area (Å²) in [4.78, 5) is 14.9. The minimum Gasteiger partial charge on any atom is -0.303 e. The average molecular weight is 165 g/mol. The molecule has 64 valence electrons. The molecule has 0 saturated carbocycles. The molecular weight excluding hydrogens is 154 g/mol. The summed E-state index contributed by atoms with van der Waals surface area (Å²) in [5, 5.41) is 7.25. The van der Waals surface area contributed by atoms with Crippen LogP contribution in [-0.4, -0.2) is 15.3 Å². The van der Waals surface area contributed by atoms with Gasteiger partial charge < -0.3 is 5.41 Å². The maximum absolute atomic E-state index is 11.1. The fourth-order valence-corrected chi connectivity index (χ4v) is 0.878. The first-order chi connectivity index (χ1) is 5.65. The van der Waals surface area contributed by atoms with Crippen LogP contribution >= 0.6 is 0 Å². The molecule has 0 aliphatic carbocycles. The van der Waals surface area contributed by atoms with Gasteiger partial charge in [0.15, 0.2) is 0 Å². The highest BCUT2D eigenvalue weighted by Crippen LogP contribution is 1.90. The standard InChI is InChI=1S/C8H11N3O/c1-3-11-5-4-7(6(2)9)10-8(11)12/h4-5,9H,3H2,1-2H3. The molecular formula is C8H11N3O. The van der Waals surface area contributed by atoms with E-state index in [1.807, 2.05) is 6.92 Å². The van der Waals surface area contributed by atoms with E-state index in [4.69, 9.17) is 5.41 Å². The molecule has 4 heteroatoms. The first-order valence-electron chi connectivity index (χ1n) is 3.78. The van der Waals surface area contributed by atoms with E-state index in [1.165, 1.54) is 4.57 Å². The fourth-order valence-electron chi connectivity index (χ4n) is 0.878. The Balaban J connectivity index is 3.19. The molecule has 1 heterocycles. The van der Waals surface area contributed by atoms with Crippen LogP contribution in [0.4, 0.5) is 0 Å². The second-order valence-electron chi connectivity index (χ2n) is 2.51. The van der Waals surface area contributed by atoms with Crippen molar-refractivity contribution in [2.75, 3.05) is 0 Å². The largest absolute Gasteiger partial charge is 0.348 e. The van der Waals surface area contributed by atoms with E-state index in [9.17, 15) is 4.79 Å². The van der Waals surface area contributed by atoms with E-state index in [0.717, 1.165) is 0 Å². The van der Waals surface area contributed by atoms with Crippen molar-refractivity contribution in [3.05, 3.63) is 28.4 Å². The summed E-state index contributed by atoms with van der Waals surface area (Å²) in [5.74, 6) is 0. The van der Waals surface area contributed by atoms with E-state index in [2.05, 4.69) is 4.98 Å². The lowest BCUT2D eigenvalue weighted by molar-refractivity contribution is 0.697. The summed E-state index contributed by atoms with van der Waals surface area (Å²) in [7, 11) is 0. The lowest BCUT2D eigenvalue weighted by atomic mass is 10.3. The van der Waals surface area contributed by atoms with Crippen LogP contribution in [0.5, 0.6) is 0 Å². The predicted octanol–water partition coefficient (Wildman–Crippen LogP) is 0.651. The number of nitrogens with zero attached hydrogens (tertiary/aromatic N) is 2. The summed E-state index contributed by atoms with van der Waals surface area (Å²) >= 11 is 0. The summed E-state index contributed by atoms with van der Waals surface area (Å²) in [5.41, 5.74) is 0.474. The Morgan fingerprint density at radius 1 is 1.75 bits per heavy atom. The number of hydrogen-bond acceptors (Lipinski definition) is 3. The summed E-state index contributed by atoms with van der Waals surface area (Å²) in [6.07, 6.45) is 1.66. The minimum absolute atomic E-state index is 0.290. The van der Waals surface area contributed by atoms with Gasteiger partial charge in [-0.1, -0.05) is 0 Å². The van der Waals surface area contributed by atoms with Crippen LogP contribution in [-0.2, 0) is 6.54 Å². The highest BCUT2D eigenvalue weighted by Gasteiger charge is 1.99. The highest BCUT2D eigenvalue weighted by molar-refractivity contribution is 5.94. The van der Waals surface area contributed by atoms with Crippen molar-refractivity contribution in [3.8, 4) is 0 Å². The van der Waals surface area contributed by atoms with Crippen LogP contribution in [0, 0.1) is 5.41 Å². The molecule has 1 rings (SSSR count). The zero-order chi connectivity index (χ0) is 9.14. The molecule has 4 nitrogen and oxygen atoms in total. The molecule has 0 aliphatic rings. The number of rotatable bonds is 2. The number of aryl methyl sites for hydroxylation is 1. The van der Waals surface area contributed by atoms with Gasteiger partial charge in [0.2, 0.25) is 0 Å². The maximum atomic E-state index is 11.1. The van der Waals surface area contributed by atoms with E-state index in [1.54, 1.807) is 19.2 Å². The number of hydrogen-bond donors (Lipinski definition) is 1. The molecule has 0 aromatic carbocycles. The lowest BCUT2D eigenvalue weighted by Crippen LogP contribution is -2.23. The van der Waals surface area contributed by atoms with Gasteiger partial charge in [-0.15, -0.1) is 0 Å². The Kier molecular flexibility index (Phi) is 2.38. The molecule has 12 heavy (non-hydrogen) atoms. The van der Waals surface area contributed by atoms with Crippen molar-refractivity contribution in [1.29, 1.82) is 5.41 Å². The smallest absolute Gasteiger partial charge is 0.303 e. The van der Waals surface area contributed by atoms with E-state index >= 15 is 0 Å². The van der Waals surface area contributed by atoms with Crippen LogP contribution in [0.3, 0.4) is 0 Å². The van der Waals surface area contributed by atoms with Gasteiger partial charge in [-0.25, -0.2) is 4.79 Å². The zero-order valence-corrected chi connectivity index (χ0v) is 7.16. The molecule has 0 saturated heterocycles. The first kappa shape index (κ1) is 8.64. The van der Waals surface area contributed by atoms with Gasteiger partial charge in [-0.05, 0) is 19.9 Å². The molecule has 0 radical (unpaired) electrons. The molecule has 0 aliphatic heterocycles. The predicted molar refractivity (Wildman–Crippen MR) is 46.7 cm³/mol. The summed E-state index contributed by atoms with van der Waals surface area (Å²) in [6.45, 7) is 4.10. The van der Waals surface area contributed by atoms with Crippen molar-refractivity contribution in [2.24, 2.45) is 0 Å². The Labute approximate surface area is 70.4 Å². The average Bonchev–Trinajstić information content (AvgIpc) is 2.04. The van der Waals surface area contributed by atoms with E-state index < -0.39 is 0 Å². The maximum Gasteiger partial charge on any atom is 0.348 e. The Morgan fingerprint density at radius 3 is 2.83 bits per heavy atom. The van der Waals surface area contributed by atoms with Crippen LogP contribution in [0.2, 0.25) is 0 Å². The summed E-state index contributed by atoms with van der Waals surface area (Å²) in [6, 6.07) is 1.67. The molecule has 0 bridgehead atoms. The molecule has 0 fully saturated rings. The number of aromatic nitrogens is 2. The third-order valence-electron chi connectivity index (χ3n) is 1.60. The van der Waals surface area contributed by atoms with Crippen LogP contribution < -0.4 is 5.69 Å². The highest BCUT2D eigenvalue weighted by atomic mass is 16.1. The van der Waals surface area contributed by atoms with Gasteiger partial charge in [0.25, 0.3) is 0 Å². The Hall–Kier alpha value is -1.45. The topological polar surface area (TPSA) is 58.7 Å². The quantitative estimate of drug-likeness (QED) is 0.654. The van der Waals surface area contributed by atoms with Crippen molar-refractivity contribution in [2.45, 2.75) is 20.4 Å². The van der Waals surface area contributed by atoms with Gasteiger partial charge in [0.1, 0.15) is 0 Å². The van der Waals surface area contributed by atoms with Gasteiger partial charge >= 0.3 is 5.69 Å². The van der Waals surface area contributed by atoms with E-state index in [-0.39, 0.29) is 5.69 Å². The minimum atomic E-state index is -0.290. The first-order valence-corrected chi connectivity index (χ1v) is 3.78. The van der Waals surface area contributed by atoms with Gasteiger partial charge in [-0.3, -0.25) is 4.57 Å². The molecule has 0 spiro atoms. The Bertz CT molecular complexity index is 354. The molecule has 1 aromatic heterocycles. The van der Waals surface area contributed by atoms with Crippen molar-refractivity contribution in [3.63, 3.8) is 0 Å². The molecule has 1 N–H and O–H groups in total. The van der Waals surface area contributed by atoms with Crippen molar-refractivity contribution >= 4 is 5.71 Å². The van der Waals surface area contributed by atoms with Gasteiger partial charge in [0, 0.05) is 12.7 Å². The normalized spacial score (nSPS) is 9.83. The number of nitrogens with one attached hydrogen (secondary N) is 1. The third kappa shape index (κ3) is 1.58. The monoisotopic (exact) mass is 165 g/mol. The van der Waals surface area contributed by atoms with Crippen molar-refractivity contribution < 1.29 is 0 Å². The van der Waals surface area contributed by atoms with Crippen LogP contribution in [0.15, 0.2) is 17.1 Å². The second-order valence-corrected chi connectivity index (χ2v) is 2.51. The molecule has 0 atom stereocenters. The lowest BCUT2D eigenvalue weighted by Gasteiger charge is -2.00. The van der Waals surface area contributed by atoms with Crippen molar-refractivity contribution in [1.82, 2.24) is 9.55 Å². The molecule has 1 aromatic rings. The van der Waals surface area contributed by atoms with Crippen LogP contribution in [0.1, 0.15) is 19.5 Å². The zero-order valence-electron chi connectivity index (χ0n) is 7.16. The SMILES string of the molecule is CCn1ccc(C(C)=N)nc1=O. The Morgan fingerprint density at radius 2 is 2.42 bits per heavy atom. The third-order valence-corrected chi connectivity index (χ3v) is 1.60. The molecule has 0 amide bonds. The summed E-state index contributed by atoms with van der Waals surface area (Å²) < 4.78 is 1.49. The van der Waals surface area contributed by atoms with Gasteiger partial charge in [0.05, 0.1) is 11.4 Å². The fraction of sp³-hybridized carbons (Fsp3) is 0.375. The van der Waals surface area contributed by atoms with Gasteiger partial charge in [-0.2, -0.15) is 4.98 Å².